The van der Waals surface area contributed by atoms with Gasteiger partial charge in [0.2, 0.25) is 5.91 Å². The number of hydrogen-bond acceptors (Lipinski definition) is 5. The van der Waals surface area contributed by atoms with Gasteiger partial charge in [0.25, 0.3) is 0 Å². The third kappa shape index (κ3) is 3.88. The number of aromatic hydroxyl groups is 1. The molecule has 4 aliphatic rings. The van der Waals surface area contributed by atoms with Gasteiger partial charge in [0.15, 0.2) is 11.5 Å². The normalized spacial score (nSPS) is 30.9. The Morgan fingerprint density at radius 1 is 1.25 bits per heavy atom. The number of likely N-dealkylation sites (tertiary alicyclic amines) is 1. The first-order valence-corrected chi connectivity index (χ1v) is 14.0. The van der Waals surface area contributed by atoms with E-state index in [0.717, 1.165) is 29.8 Å². The molecule has 40 heavy (non-hydrogen) atoms. The number of aliphatic hydroxyl groups is 1. The van der Waals surface area contributed by atoms with Crippen LogP contribution < -0.4 is 4.74 Å². The monoisotopic (exact) mass is 556 g/mol. The maximum Gasteiger partial charge on any atom is 0.416 e. The first-order valence-electron chi connectivity index (χ1n) is 14.0. The molecule has 6 nitrogen and oxygen atoms in total. The van der Waals surface area contributed by atoms with Gasteiger partial charge in [0.1, 0.15) is 6.10 Å². The molecule has 0 aromatic heterocycles. The molecule has 2 aromatic rings. The van der Waals surface area contributed by atoms with Gasteiger partial charge in [0, 0.05) is 24.2 Å². The summed E-state index contributed by atoms with van der Waals surface area (Å²) in [4.78, 5) is 17.7. The molecule has 5 atom stereocenters. The molecule has 2 aliphatic carbocycles. The van der Waals surface area contributed by atoms with E-state index < -0.39 is 28.9 Å². The standard InChI is InChI=1S/C31H35F3N2O4/c1-18(2)17-36(25(38)10-7-19-5-4-6-21(15-19)31(32,33)34)22-11-12-30(39)24-16-20-8-9-23(37)27-26(20)29(30,28(22)40-27)13-14-35(24)3/h4-10,15,18,22,24,28,37,39H,11-14,16-17H2,1-3H3/t22?,24-,28?,29+,30-/m1/s1. The highest BCUT2D eigenvalue weighted by molar-refractivity contribution is 5.92. The lowest BCUT2D eigenvalue weighted by Gasteiger charge is -2.64. The number of amides is 1. The molecule has 214 valence electrons. The molecule has 1 saturated heterocycles. The van der Waals surface area contributed by atoms with Gasteiger partial charge in [0.05, 0.1) is 22.6 Å². The van der Waals surface area contributed by atoms with Crippen LogP contribution in [0.5, 0.6) is 11.5 Å². The van der Waals surface area contributed by atoms with E-state index in [4.69, 9.17) is 4.74 Å². The third-order valence-electron chi connectivity index (χ3n) is 9.58. The van der Waals surface area contributed by atoms with Crippen molar-refractivity contribution in [1.82, 2.24) is 9.80 Å². The van der Waals surface area contributed by atoms with Crippen molar-refractivity contribution in [3.63, 3.8) is 0 Å². The first kappa shape index (κ1) is 27.1. The van der Waals surface area contributed by atoms with Gasteiger partial charge in [-0.15, -0.1) is 0 Å². The van der Waals surface area contributed by atoms with Crippen LogP contribution in [0.1, 0.15) is 55.4 Å². The molecule has 2 aliphatic heterocycles. The minimum absolute atomic E-state index is 0.0344. The van der Waals surface area contributed by atoms with E-state index in [1.165, 1.54) is 24.3 Å². The van der Waals surface area contributed by atoms with E-state index in [1.807, 2.05) is 27.0 Å². The second kappa shape index (κ2) is 9.24. The van der Waals surface area contributed by atoms with Crippen molar-refractivity contribution < 1.29 is 32.9 Å². The number of halogens is 3. The highest BCUT2D eigenvalue weighted by Gasteiger charge is 2.73. The SMILES string of the molecule is CC(C)CN(C(=O)C=Cc1cccc(C(F)(F)F)c1)C1CC[C@@]2(O)[C@H]3Cc4ccc(O)c5c4[C@@]2(CCN3C)C1O5. The molecular weight excluding hydrogens is 521 g/mol. The lowest BCUT2D eigenvalue weighted by molar-refractivity contribution is -0.197. The van der Waals surface area contributed by atoms with E-state index in [2.05, 4.69) is 4.90 Å². The van der Waals surface area contributed by atoms with Crippen LogP contribution in [-0.2, 0) is 22.8 Å². The van der Waals surface area contributed by atoms with Gasteiger partial charge in [-0.3, -0.25) is 4.79 Å². The van der Waals surface area contributed by atoms with Crippen LogP contribution >= 0.6 is 0 Å². The summed E-state index contributed by atoms with van der Waals surface area (Å²) >= 11 is 0. The molecule has 1 saturated carbocycles. The Balaban J connectivity index is 1.38. The molecule has 2 aromatic carbocycles. The maximum absolute atomic E-state index is 13.8. The topological polar surface area (TPSA) is 73.2 Å². The van der Waals surface area contributed by atoms with E-state index >= 15 is 0 Å². The lowest BCUT2D eigenvalue weighted by atomic mass is 9.48. The van der Waals surface area contributed by atoms with Crippen LogP contribution in [0.3, 0.4) is 0 Å². The van der Waals surface area contributed by atoms with Crippen LogP contribution in [0.2, 0.25) is 0 Å². The van der Waals surface area contributed by atoms with E-state index in [9.17, 15) is 28.2 Å². The second-order valence-electron chi connectivity index (χ2n) is 12.3. The lowest BCUT2D eigenvalue weighted by Crippen LogP contribution is -2.78. The third-order valence-corrected chi connectivity index (χ3v) is 9.58. The van der Waals surface area contributed by atoms with E-state index in [0.29, 0.717) is 38.0 Å². The summed E-state index contributed by atoms with van der Waals surface area (Å²) in [6.45, 7) is 5.19. The molecule has 2 bridgehead atoms. The Morgan fingerprint density at radius 2 is 2.02 bits per heavy atom. The number of hydrogen-bond donors (Lipinski definition) is 2. The summed E-state index contributed by atoms with van der Waals surface area (Å²) in [6, 6.07) is 7.97. The smallest absolute Gasteiger partial charge is 0.416 e. The number of benzene rings is 2. The fourth-order valence-corrected chi connectivity index (χ4v) is 7.91. The number of likely N-dealkylation sites (N-methyl/N-ethyl adjacent to an activating group) is 1. The van der Waals surface area contributed by atoms with Gasteiger partial charge < -0.3 is 24.7 Å². The van der Waals surface area contributed by atoms with Crippen molar-refractivity contribution >= 4 is 12.0 Å². The van der Waals surface area contributed by atoms with Crippen LogP contribution in [0.15, 0.2) is 42.5 Å². The summed E-state index contributed by atoms with van der Waals surface area (Å²) < 4.78 is 46.2. The Bertz CT molecular complexity index is 1370. The maximum atomic E-state index is 13.8. The fourth-order valence-electron chi connectivity index (χ4n) is 7.91. The Morgan fingerprint density at radius 3 is 2.75 bits per heavy atom. The van der Waals surface area contributed by atoms with Crippen molar-refractivity contribution in [2.45, 2.75) is 74.9 Å². The van der Waals surface area contributed by atoms with Gasteiger partial charge in [-0.25, -0.2) is 0 Å². The summed E-state index contributed by atoms with van der Waals surface area (Å²) in [7, 11) is 2.03. The predicted molar refractivity (Wildman–Crippen MR) is 144 cm³/mol. The number of ether oxygens (including phenoxy) is 1. The number of rotatable bonds is 5. The number of phenols is 1. The highest BCUT2D eigenvalue weighted by Crippen LogP contribution is 2.65. The van der Waals surface area contributed by atoms with Crippen molar-refractivity contribution in [3.05, 3.63) is 64.7 Å². The molecule has 9 heteroatoms. The largest absolute Gasteiger partial charge is 0.504 e. The van der Waals surface area contributed by atoms with Crippen LogP contribution in [0.25, 0.3) is 6.08 Å². The summed E-state index contributed by atoms with van der Waals surface area (Å²) in [5.41, 5.74) is -0.390. The summed E-state index contributed by atoms with van der Waals surface area (Å²) in [5, 5.41) is 23.2. The Hall–Kier alpha value is -3.04. The average Bonchev–Trinajstić information content (AvgIpc) is 3.25. The highest BCUT2D eigenvalue weighted by atomic mass is 19.4. The Labute approximate surface area is 232 Å². The number of piperidine rings is 1. The Kier molecular flexibility index (Phi) is 6.27. The zero-order valence-electron chi connectivity index (χ0n) is 22.9. The molecule has 2 unspecified atom stereocenters. The number of carbonyl (C=O) groups is 1. The molecule has 2 N–H and O–H groups in total. The number of alkyl halides is 3. The van der Waals surface area contributed by atoms with E-state index in [1.54, 1.807) is 11.0 Å². The van der Waals surface area contributed by atoms with Gasteiger partial charge in [-0.1, -0.05) is 32.0 Å². The van der Waals surface area contributed by atoms with Gasteiger partial charge in [-0.2, -0.15) is 13.2 Å². The van der Waals surface area contributed by atoms with Gasteiger partial charge in [-0.05, 0) is 80.6 Å². The van der Waals surface area contributed by atoms with Crippen molar-refractivity contribution in [3.8, 4) is 11.5 Å². The molecule has 0 radical (unpaired) electrons. The number of nitrogens with zero attached hydrogens (tertiary/aromatic N) is 2. The van der Waals surface area contributed by atoms with Crippen molar-refractivity contribution in [2.75, 3.05) is 20.1 Å². The minimum atomic E-state index is -4.47. The molecule has 1 amide bonds. The van der Waals surface area contributed by atoms with Crippen LogP contribution in [0.4, 0.5) is 13.2 Å². The zero-order chi connectivity index (χ0) is 28.6. The zero-order valence-corrected chi connectivity index (χ0v) is 22.9. The first-order chi connectivity index (χ1) is 18.9. The summed E-state index contributed by atoms with van der Waals surface area (Å²) in [5.74, 6) is 0.246. The molecule has 2 heterocycles. The predicted octanol–water partition coefficient (Wildman–Crippen LogP) is 4.76. The molecule has 6 rings (SSSR count). The minimum Gasteiger partial charge on any atom is -0.504 e. The summed E-state index contributed by atoms with van der Waals surface area (Å²) in [6.07, 6.45) is -0.0109. The van der Waals surface area contributed by atoms with Crippen molar-refractivity contribution in [2.24, 2.45) is 5.92 Å². The molecular formula is C31H35F3N2O4. The second-order valence-corrected chi connectivity index (χ2v) is 12.3. The van der Waals surface area contributed by atoms with Crippen LogP contribution in [-0.4, -0.2) is 69.8 Å². The fraction of sp³-hybridized carbons (Fsp3) is 0.516. The van der Waals surface area contributed by atoms with E-state index in [-0.39, 0.29) is 35.2 Å². The molecule has 1 spiro atoms. The van der Waals surface area contributed by atoms with Crippen LogP contribution in [0, 0.1) is 5.92 Å². The number of carbonyl (C=O) groups excluding carboxylic acids is 1. The number of phenolic OH excluding ortho intramolecular Hbond substituents is 1. The average molecular weight is 557 g/mol. The van der Waals surface area contributed by atoms with Gasteiger partial charge >= 0.3 is 6.18 Å². The molecule has 2 fully saturated rings. The quantitative estimate of drug-likeness (QED) is 0.520. The van der Waals surface area contributed by atoms with Crippen molar-refractivity contribution in [1.29, 1.82) is 0 Å².